The summed E-state index contributed by atoms with van der Waals surface area (Å²) >= 11 is 1.67. The fourth-order valence-corrected chi connectivity index (χ4v) is 4.28. The van der Waals surface area contributed by atoms with Crippen molar-refractivity contribution in [2.24, 2.45) is 0 Å². The lowest BCUT2D eigenvalue weighted by Gasteiger charge is -1.98. The van der Waals surface area contributed by atoms with Crippen molar-refractivity contribution in [1.82, 2.24) is 0 Å². The van der Waals surface area contributed by atoms with Crippen LogP contribution >= 0.6 is 11.3 Å². The summed E-state index contributed by atoms with van der Waals surface area (Å²) in [5.41, 5.74) is 1.12. The van der Waals surface area contributed by atoms with Crippen LogP contribution in [0.2, 0.25) is 0 Å². The molecule has 4 nitrogen and oxygen atoms in total. The van der Waals surface area contributed by atoms with E-state index in [-0.39, 0.29) is 12.4 Å². The molecule has 2 aromatic carbocycles. The summed E-state index contributed by atoms with van der Waals surface area (Å²) in [6.07, 6.45) is 1.09. The molecule has 24 heavy (non-hydrogen) atoms. The Labute approximate surface area is 145 Å². The third-order valence-electron chi connectivity index (χ3n) is 3.53. The van der Waals surface area contributed by atoms with Crippen LogP contribution in [0.3, 0.4) is 0 Å². The number of hydrogen-bond acceptors (Lipinski definition) is 4. The number of fused-ring (bicyclic) bond motifs is 3. The molecule has 0 aliphatic heterocycles. The van der Waals surface area contributed by atoms with Crippen LogP contribution in [0.15, 0.2) is 36.4 Å². The Kier molecular flexibility index (Phi) is 5.14. The van der Waals surface area contributed by atoms with Gasteiger partial charge in [0, 0.05) is 0 Å². The number of benzene rings is 2. The van der Waals surface area contributed by atoms with Gasteiger partial charge in [0.1, 0.15) is 17.7 Å². The topological polar surface area (TPSA) is 57.5 Å². The molecule has 0 aliphatic carbocycles. The Morgan fingerprint density at radius 2 is 2.00 bits per heavy atom. The van der Waals surface area contributed by atoms with Crippen molar-refractivity contribution in [2.75, 3.05) is 12.4 Å². The van der Waals surface area contributed by atoms with Crippen molar-refractivity contribution in [1.29, 1.82) is 0 Å². The van der Waals surface area contributed by atoms with Gasteiger partial charge in [0.05, 0.1) is 11.1 Å². The first kappa shape index (κ1) is 16.9. The predicted octanol–water partition coefficient (Wildman–Crippen LogP) is 3.17. The highest BCUT2D eigenvalue weighted by molar-refractivity contribution is 7.86. The van der Waals surface area contributed by atoms with Gasteiger partial charge < -0.3 is 0 Å². The van der Waals surface area contributed by atoms with Crippen molar-refractivity contribution >= 4 is 42.4 Å². The van der Waals surface area contributed by atoms with Gasteiger partial charge in [0.25, 0.3) is 10.1 Å². The van der Waals surface area contributed by atoms with Crippen molar-refractivity contribution in [3.63, 3.8) is 0 Å². The largest absolute Gasteiger partial charge is 0.268 e. The lowest BCUT2D eigenvalue weighted by Crippen LogP contribution is -2.10. The van der Waals surface area contributed by atoms with Crippen molar-refractivity contribution in [2.45, 2.75) is 19.8 Å². The fourth-order valence-electron chi connectivity index (χ4n) is 2.47. The minimum absolute atomic E-state index is 0.0336. The highest BCUT2D eigenvalue weighted by atomic mass is 32.2. The number of H-pyrrole nitrogens is 1. The molecule has 0 saturated carbocycles. The standard InChI is InChI=1S/C18H17NO3S2/c1-2-13-24(20,21)22-12-6-5-9-17-19-18-15-8-4-3-7-14(15)10-11-16(18)23-17/h3-4,7-8,10-11H,2,9,12-13H2,1H3/p+1. The van der Waals surface area contributed by atoms with Gasteiger partial charge in [-0.25, -0.2) is 0 Å². The number of nitrogens with one attached hydrogen (secondary N) is 1. The summed E-state index contributed by atoms with van der Waals surface area (Å²) in [7, 11) is -3.43. The van der Waals surface area contributed by atoms with E-state index in [0.717, 1.165) is 10.5 Å². The van der Waals surface area contributed by atoms with Crippen LogP contribution in [0.4, 0.5) is 0 Å². The maximum atomic E-state index is 11.4. The van der Waals surface area contributed by atoms with E-state index in [1.807, 2.05) is 12.1 Å². The molecule has 1 N–H and O–H groups in total. The van der Waals surface area contributed by atoms with E-state index in [0.29, 0.717) is 12.8 Å². The molecule has 124 valence electrons. The van der Waals surface area contributed by atoms with Gasteiger partial charge in [-0.05, 0) is 23.9 Å². The molecule has 3 aromatic rings. The molecule has 0 saturated heterocycles. The molecule has 0 unspecified atom stereocenters. The second kappa shape index (κ2) is 7.31. The van der Waals surface area contributed by atoms with E-state index in [1.165, 1.54) is 15.5 Å². The van der Waals surface area contributed by atoms with Crippen LogP contribution < -0.4 is 4.98 Å². The Bertz CT molecular complexity index is 1030. The molecule has 0 bridgehead atoms. The van der Waals surface area contributed by atoms with Gasteiger partial charge in [0.15, 0.2) is 0 Å². The molecule has 0 spiro atoms. The normalized spacial score (nSPS) is 11.5. The van der Waals surface area contributed by atoms with Crippen molar-refractivity contribution in [3.05, 3.63) is 41.4 Å². The quantitative estimate of drug-likeness (QED) is 0.519. The average molecular weight is 360 g/mol. The lowest BCUT2D eigenvalue weighted by atomic mass is 10.1. The second-order valence-electron chi connectivity index (χ2n) is 5.36. The summed E-state index contributed by atoms with van der Waals surface area (Å²) in [4.78, 5) is 3.42. The summed E-state index contributed by atoms with van der Waals surface area (Å²) in [5, 5.41) is 3.44. The van der Waals surface area contributed by atoms with Crippen molar-refractivity contribution < 1.29 is 17.6 Å². The van der Waals surface area contributed by atoms with Crippen LogP contribution in [-0.2, 0) is 20.7 Å². The number of rotatable bonds is 5. The maximum absolute atomic E-state index is 11.4. The van der Waals surface area contributed by atoms with Crippen LogP contribution in [0.5, 0.6) is 0 Å². The van der Waals surface area contributed by atoms with Crippen LogP contribution in [-0.4, -0.2) is 20.8 Å². The Hall–Kier alpha value is -1.94. The first-order chi connectivity index (χ1) is 11.6. The van der Waals surface area contributed by atoms with Gasteiger partial charge in [0.2, 0.25) is 10.5 Å². The van der Waals surface area contributed by atoms with Crippen molar-refractivity contribution in [3.8, 4) is 11.8 Å². The molecular formula is C18H18NO3S2+. The van der Waals surface area contributed by atoms with E-state index in [4.69, 9.17) is 4.18 Å². The Morgan fingerprint density at radius 1 is 1.17 bits per heavy atom. The molecule has 1 heterocycles. The average Bonchev–Trinajstić information content (AvgIpc) is 2.98. The van der Waals surface area contributed by atoms with Crippen LogP contribution in [0.1, 0.15) is 18.4 Å². The zero-order valence-corrected chi connectivity index (χ0v) is 15.0. The van der Waals surface area contributed by atoms with E-state index in [1.54, 1.807) is 18.3 Å². The van der Waals surface area contributed by atoms with Gasteiger partial charge in [-0.3, -0.25) is 4.18 Å². The number of aromatic amines is 1. The fraction of sp³-hybridized carbons (Fsp3) is 0.278. The highest BCUT2D eigenvalue weighted by Gasteiger charge is 2.13. The number of thiazole rings is 1. The SMILES string of the molecule is CCCS(=O)(=O)OCC#CCc1[nH+]c2c(ccc3ccccc32)s1. The van der Waals surface area contributed by atoms with Gasteiger partial charge >= 0.3 is 0 Å². The van der Waals surface area contributed by atoms with E-state index in [2.05, 4.69) is 41.1 Å². The Morgan fingerprint density at radius 3 is 2.83 bits per heavy atom. The molecule has 1 aromatic heterocycles. The minimum atomic E-state index is -3.43. The van der Waals surface area contributed by atoms with Crippen LogP contribution in [0.25, 0.3) is 21.0 Å². The third-order valence-corrected chi connectivity index (χ3v) is 5.97. The third kappa shape index (κ3) is 3.93. The number of aromatic nitrogens is 1. The first-order valence-electron chi connectivity index (χ1n) is 7.74. The first-order valence-corrected chi connectivity index (χ1v) is 10.1. The van der Waals surface area contributed by atoms with Gasteiger partial charge in [-0.15, -0.1) is 0 Å². The monoisotopic (exact) mass is 360 g/mol. The molecule has 0 radical (unpaired) electrons. The van der Waals surface area contributed by atoms with E-state index < -0.39 is 10.1 Å². The molecule has 3 rings (SSSR count). The Balaban J connectivity index is 1.71. The van der Waals surface area contributed by atoms with Gasteiger partial charge in [-0.2, -0.15) is 13.4 Å². The van der Waals surface area contributed by atoms with E-state index in [9.17, 15) is 8.42 Å². The summed E-state index contributed by atoms with van der Waals surface area (Å²) in [6, 6.07) is 12.5. The second-order valence-corrected chi connectivity index (χ2v) is 8.26. The minimum Gasteiger partial charge on any atom is -0.257 e. The molecular weight excluding hydrogens is 342 g/mol. The number of hydrogen-bond donors (Lipinski definition) is 0. The lowest BCUT2D eigenvalue weighted by molar-refractivity contribution is -0.348. The molecule has 0 aliphatic rings. The highest BCUT2D eigenvalue weighted by Crippen LogP contribution is 2.26. The van der Waals surface area contributed by atoms with Gasteiger partial charge in [-0.1, -0.05) is 54.4 Å². The zero-order chi connectivity index (χ0) is 17.0. The zero-order valence-electron chi connectivity index (χ0n) is 13.3. The summed E-state index contributed by atoms with van der Waals surface area (Å²) in [5.74, 6) is 5.76. The maximum Gasteiger partial charge on any atom is 0.268 e. The smallest absolute Gasteiger partial charge is 0.257 e. The molecule has 0 atom stereocenters. The van der Waals surface area contributed by atoms with Crippen LogP contribution in [0, 0.1) is 11.8 Å². The predicted molar refractivity (Wildman–Crippen MR) is 97.4 cm³/mol. The van der Waals surface area contributed by atoms with E-state index >= 15 is 0 Å². The molecule has 0 fully saturated rings. The molecule has 0 amide bonds. The summed E-state index contributed by atoms with van der Waals surface area (Å²) in [6.45, 7) is 1.71. The summed E-state index contributed by atoms with van der Waals surface area (Å²) < 4.78 is 28.8. The molecule has 6 heteroatoms.